The van der Waals surface area contributed by atoms with Crippen molar-refractivity contribution in [1.82, 2.24) is 5.32 Å². The molecule has 27 heavy (non-hydrogen) atoms. The third-order valence-corrected chi connectivity index (χ3v) is 5.59. The van der Waals surface area contributed by atoms with Crippen LogP contribution in [0.15, 0.2) is 34.8 Å². The van der Waals surface area contributed by atoms with Crippen molar-refractivity contribution in [1.29, 1.82) is 0 Å². The molecule has 2 aromatic carbocycles. The minimum atomic E-state index is -0.866. The molecule has 2 atom stereocenters. The van der Waals surface area contributed by atoms with Crippen LogP contribution < -0.4 is 29.2 Å². The lowest BCUT2D eigenvalue weighted by atomic mass is 9.90. The molecule has 3 aliphatic rings. The van der Waals surface area contributed by atoms with E-state index in [9.17, 15) is 4.79 Å². The first-order valence-electron chi connectivity index (χ1n) is 8.55. The molecule has 1 saturated heterocycles. The van der Waals surface area contributed by atoms with Crippen molar-refractivity contribution < 1.29 is 23.7 Å². The Morgan fingerprint density at radius 3 is 2.89 bits per heavy atom. The monoisotopic (exact) mass is 432 g/mol. The third-order valence-electron chi connectivity index (χ3n) is 5.14. The number of rotatable bonds is 2. The molecule has 3 aliphatic heterocycles. The van der Waals surface area contributed by atoms with Crippen LogP contribution in [0.25, 0.3) is 0 Å². The standard InChI is InChI=1S/C19H17BrN2O5/c1-19-8-13(12-5-10(20)6-16(24-2)17(12)27-19)21-18(23)22(19)11-3-4-14-15(7-11)26-9-25-14/h3-7,13H,8-9H2,1-2H3,(H,21,23)/t13-,19+/m1/s1. The number of carbonyl (C=O) groups is 1. The number of amides is 2. The number of nitrogens with one attached hydrogen (secondary N) is 1. The Hall–Kier alpha value is -2.61. The highest BCUT2D eigenvalue weighted by Gasteiger charge is 2.51. The second-order valence-electron chi connectivity index (χ2n) is 6.88. The maximum absolute atomic E-state index is 13.0. The Morgan fingerprint density at radius 1 is 1.26 bits per heavy atom. The fourth-order valence-electron chi connectivity index (χ4n) is 3.97. The van der Waals surface area contributed by atoms with Gasteiger partial charge < -0.3 is 24.3 Å². The van der Waals surface area contributed by atoms with Crippen LogP contribution in [0, 0.1) is 0 Å². The number of hydrogen-bond donors (Lipinski definition) is 1. The maximum Gasteiger partial charge on any atom is 0.325 e. The fourth-order valence-corrected chi connectivity index (χ4v) is 4.42. The molecular formula is C19H17BrN2O5. The quantitative estimate of drug-likeness (QED) is 0.777. The van der Waals surface area contributed by atoms with E-state index >= 15 is 0 Å². The van der Waals surface area contributed by atoms with Crippen molar-refractivity contribution in [3.05, 3.63) is 40.4 Å². The first-order chi connectivity index (χ1) is 13.0. The van der Waals surface area contributed by atoms with Gasteiger partial charge in [0, 0.05) is 22.5 Å². The van der Waals surface area contributed by atoms with E-state index in [0.29, 0.717) is 35.1 Å². The van der Waals surface area contributed by atoms with E-state index in [1.807, 2.05) is 25.1 Å². The molecule has 1 fully saturated rings. The first kappa shape index (κ1) is 16.6. The van der Waals surface area contributed by atoms with Gasteiger partial charge in [-0.1, -0.05) is 15.9 Å². The Kier molecular flexibility index (Phi) is 3.49. The van der Waals surface area contributed by atoms with Gasteiger partial charge in [-0.3, -0.25) is 4.90 Å². The van der Waals surface area contributed by atoms with Gasteiger partial charge in [0.25, 0.3) is 0 Å². The summed E-state index contributed by atoms with van der Waals surface area (Å²) in [6.07, 6.45) is 0.597. The Morgan fingerprint density at radius 2 is 2.07 bits per heavy atom. The zero-order chi connectivity index (χ0) is 18.8. The lowest BCUT2D eigenvalue weighted by Crippen LogP contribution is -2.65. The van der Waals surface area contributed by atoms with Crippen LogP contribution in [0.1, 0.15) is 24.9 Å². The smallest absolute Gasteiger partial charge is 0.325 e. The Bertz CT molecular complexity index is 965. The summed E-state index contributed by atoms with van der Waals surface area (Å²) in [7, 11) is 1.60. The van der Waals surface area contributed by atoms with Crippen LogP contribution in [-0.4, -0.2) is 25.7 Å². The van der Waals surface area contributed by atoms with Crippen molar-refractivity contribution in [2.45, 2.75) is 25.1 Å². The van der Waals surface area contributed by atoms with Crippen LogP contribution >= 0.6 is 15.9 Å². The van der Waals surface area contributed by atoms with Crippen molar-refractivity contribution in [3.8, 4) is 23.0 Å². The van der Waals surface area contributed by atoms with E-state index in [1.165, 1.54) is 0 Å². The number of fused-ring (bicyclic) bond motifs is 5. The molecule has 5 rings (SSSR count). The predicted molar refractivity (Wildman–Crippen MR) is 101 cm³/mol. The second-order valence-corrected chi connectivity index (χ2v) is 7.80. The zero-order valence-corrected chi connectivity index (χ0v) is 16.3. The molecule has 3 heterocycles. The summed E-state index contributed by atoms with van der Waals surface area (Å²) in [5, 5.41) is 3.08. The number of anilines is 1. The minimum Gasteiger partial charge on any atom is -0.493 e. The summed E-state index contributed by atoms with van der Waals surface area (Å²) < 4.78 is 23.6. The Balaban J connectivity index is 1.61. The van der Waals surface area contributed by atoms with Crippen LogP contribution in [0.2, 0.25) is 0 Å². The lowest BCUT2D eigenvalue weighted by Gasteiger charge is -2.50. The molecule has 0 spiro atoms. The lowest BCUT2D eigenvalue weighted by molar-refractivity contribution is 0.0349. The highest BCUT2D eigenvalue weighted by Crippen LogP contribution is 2.50. The van der Waals surface area contributed by atoms with E-state index in [2.05, 4.69) is 21.2 Å². The van der Waals surface area contributed by atoms with Crippen molar-refractivity contribution in [3.63, 3.8) is 0 Å². The van der Waals surface area contributed by atoms with E-state index < -0.39 is 5.72 Å². The minimum absolute atomic E-state index is 0.164. The molecule has 2 aromatic rings. The fraction of sp³-hybridized carbons (Fsp3) is 0.316. The van der Waals surface area contributed by atoms with Gasteiger partial charge in [0.2, 0.25) is 6.79 Å². The Labute approximate surface area is 164 Å². The predicted octanol–water partition coefficient (Wildman–Crippen LogP) is 3.96. The molecule has 2 bridgehead atoms. The SMILES string of the molecule is COc1cc(Br)cc2c1O[C@@]1(C)C[C@H]2NC(=O)N1c1ccc2c(c1)OCO2. The topological polar surface area (TPSA) is 69.3 Å². The average molecular weight is 433 g/mol. The number of benzene rings is 2. The van der Waals surface area contributed by atoms with Gasteiger partial charge in [-0.05, 0) is 31.2 Å². The highest BCUT2D eigenvalue weighted by molar-refractivity contribution is 9.10. The molecule has 7 nitrogen and oxygen atoms in total. The number of urea groups is 1. The molecule has 2 amide bonds. The number of methoxy groups -OCH3 is 1. The van der Waals surface area contributed by atoms with Gasteiger partial charge in [0.05, 0.1) is 18.8 Å². The second kappa shape index (κ2) is 5.69. The normalized spacial score (nSPS) is 24.8. The molecule has 0 aromatic heterocycles. The van der Waals surface area contributed by atoms with Gasteiger partial charge in [0.15, 0.2) is 28.7 Å². The van der Waals surface area contributed by atoms with Crippen molar-refractivity contribution >= 4 is 27.6 Å². The number of hydrogen-bond acceptors (Lipinski definition) is 5. The van der Waals surface area contributed by atoms with Gasteiger partial charge in [-0.25, -0.2) is 4.79 Å². The third kappa shape index (κ3) is 2.43. The van der Waals surface area contributed by atoms with Gasteiger partial charge in [0.1, 0.15) is 0 Å². The van der Waals surface area contributed by atoms with Gasteiger partial charge >= 0.3 is 6.03 Å². The summed E-state index contributed by atoms with van der Waals surface area (Å²) >= 11 is 3.49. The average Bonchev–Trinajstić information content (AvgIpc) is 3.09. The molecule has 0 radical (unpaired) electrons. The van der Waals surface area contributed by atoms with Crippen molar-refractivity contribution in [2.75, 3.05) is 18.8 Å². The summed E-state index contributed by atoms with van der Waals surface area (Å²) in [6.45, 7) is 2.09. The van der Waals surface area contributed by atoms with Crippen LogP contribution in [0.5, 0.6) is 23.0 Å². The number of carbonyl (C=O) groups excluding carboxylic acids is 1. The molecule has 140 valence electrons. The highest BCUT2D eigenvalue weighted by atomic mass is 79.9. The van der Waals surface area contributed by atoms with E-state index in [-0.39, 0.29) is 18.9 Å². The largest absolute Gasteiger partial charge is 0.493 e. The van der Waals surface area contributed by atoms with Gasteiger partial charge in [-0.15, -0.1) is 0 Å². The summed E-state index contributed by atoms with van der Waals surface area (Å²) in [6, 6.07) is 8.85. The first-order valence-corrected chi connectivity index (χ1v) is 9.35. The molecular weight excluding hydrogens is 416 g/mol. The number of ether oxygens (including phenoxy) is 4. The van der Waals surface area contributed by atoms with E-state index in [0.717, 1.165) is 10.0 Å². The summed E-state index contributed by atoms with van der Waals surface area (Å²) in [5.74, 6) is 2.55. The number of halogens is 1. The van der Waals surface area contributed by atoms with Crippen molar-refractivity contribution in [2.24, 2.45) is 0 Å². The van der Waals surface area contributed by atoms with Crippen LogP contribution in [0.4, 0.5) is 10.5 Å². The van der Waals surface area contributed by atoms with E-state index in [4.69, 9.17) is 18.9 Å². The molecule has 0 unspecified atom stereocenters. The van der Waals surface area contributed by atoms with E-state index in [1.54, 1.807) is 24.1 Å². The summed E-state index contributed by atoms with van der Waals surface area (Å²) in [5.41, 5.74) is 0.712. The molecule has 8 heteroatoms. The molecule has 0 saturated carbocycles. The molecule has 0 aliphatic carbocycles. The summed E-state index contributed by atoms with van der Waals surface area (Å²) in [4.78, 5) is 14.6. The van der Waals surface area contributed by atoms with Gasteiger partial charge in [-0.2, -0.15) is 0 Å². The molecule has 1 N–H and O–H groups in total. The van der Waals surface area contributed by atoms with Crippen LogP contribution in [0.3, 0.4) is 0 Å². The maximum atomic E-state index is 13.0. The zero-order valence-electron chi connectivity index (χ0n) is 14.7. The number of nitrogens with zero attached hydrogens (tertiary/aromatic N) is 1. The van der Waals surface area contributed by atoms with Crippen LogP contribution in [-0.2, 0) is 0 Å².